The van der Waals surface area contributed by atoms with Crippen LogP contribution in [0, 0.1) is 0 Å². The molecule has 0 atom stereocenters. The summed E-state index contributed by atoms with van der Waals surface area (Å²) >= 11 is 1.38. The Morgan fingerprint density at radius 1 is 1.11 bits per heavy atom. The number of hydrogen-bond acceptors (Lipinski definition) is 5. The first-order valence-electron chi connectivity index (χ1n) is 8.58. The van der Waals surface area contributed by atoms with Crippen molar-refractivity contribution in [3.63, 3.8) is 0 Å². The smallest absolute Gasteiger partial charge is 0.243 e. The first kappa shape index (κ1) is 21.3. The molecule has 146 valence electrons. The van der Waals surface area contributed by atoms with Crippen LogP contribution in [0.3, 0.4) is 0 Å². The van der Waals surface area contributed by atoms with Gasteiger partial charge in [0.05, 0.1) is 16.3 Å². The van der Waals surface area contributed by atoms with Crippen LogP contribution in [0.25, 0.3) is 0 Å². The number of benzene rings is 2. The van der Waals surface area contributed by atoms with Gasteiger partial charge in [0.2, 0.25) is 15.9 Å². The van der Waals surface area contributed by atoms with E-state index in [0.717, 1.165) is 0 Å². The van der Waals surface area contributed by atoms with Crippen molar-refractivity contribution in [3.8, 4) is 11.5 Å². The predicted molar refractivity (Wildman–Crippen MR) is 110 cm³/mol. The highest BCUT2D eigenvalue weighted by molar-refractivity contribution is 7.99. The number of thioether (sulfide) groups is 1. The lowest BCUT2D eigenvalue weighted by molar-refractivity contribution is -0.113. The van der Waals surface area contributed by atoms with Gasteiger partial charge < -0.3 is 10.1 Å². The summed E-state index contributed by atoms with van der Waals surface area (Å²) in [6.45, 7) is 4.31. The van der Waals surface area contributed by atoms with E-state index in [9.17, 15) is 13.2 Å². The lowest BCUT2D eigenvalue weighted by Gasteiger charge is -2.20. The van der Waals surface area contributed by atoms with E-state index in [-0.39, 0.29) is 16.6 Å². The number of anilines is 1. The van der Waals surface area contributed by atoms with Crippen LogP contribution < -0.4 is 10.1 Å². The number of ether oxygens (including phenoxy) is 1. The molecule has 0 fully saturated rings. The maximum absolute atomic E-state index is 12.8. The van der Waals surface area contributed by atoms with Gasteiger partial charge in [0.1, 0.15) is 5.75 Å². The zero-order valence-corrected chi connectivity index (χ0v) is 17.3. The number of carbonyl (C=O) groups is 1. The summed E-state index contributed by atoms with van der Waals surface area (Å²) in [5.41, 5.74) is 0.325. The summed E-state index contributed by atoms with van der Waals surface area (Å²) in [5.74, 6) is 1.02. The lowest BCUT2D eigenvalue weighted by atomic mass is 10.2. The summed E-state index contributed by atoms with van der Waals surface area (Å²) in [5, 5.41) is 2.75. The Kier molecular flexibility index (Phi) is 7.70. The van der Waals surface area contributed by atoms with Crippen molar-refractivity contribution in [2.45, 2.75) is 18.7 Å². The van der Waals surface area contributed by atoms with Crippen molar-refractivity contribution in [1.82, 2.24) is 4.31 Å². The molecule has 0 aliphatic heterocycles. The lowest BCUT2D eigenvalue weighted by Crippen LogP contribution is -2.30. The topological polar surface area (TPSA) is 75.7 Å². The van der Waals surface area contributed by atoms with Crippen LogP contribution in [0.5, 0.6) is 11.5 Å². The zero-order chi connectivity index (χ0) is 19.9. The molecule has 0 aliphatic carbocycles. The van der Waals surface area contributed by atoms with Gasteiger partial charge in [-0.05, 0) is 36.6 Å². The van der Waals surface area contributed by atoms with Crippen molar-refractivity contribution in [3.05, 3.63) is 48.5 Å². The van der Waals surface area contributed by atoms with Crippen LogP contribution >= 0.6 is 11.8 Å². The third-order valence-corrected chi connectivity index (χ3v) is 6.41. The highest BCUT2D eigenvalue weighted by Gasteiger charge is 2.23. The van der Waals surface area contributed by atoms with Crippen LogP contribution in [0.15, 0.2) is 53.4 Å². The van der Waals surface area contributed by atoms with Crippen LogP contribution in [-0.4, -0.2) is 43.7 Å². The number of amides is 1. The zero-order valence-electron chi connectivity index (χ0n) is 15.6. The largest absolute Gasteiger partial charge is 0.455 e. The second kappa shape index (κ2) is 9.77. The minimum Gasteiger partial charge on any atom is -0.455 e. The number of nitrogens with one attached hydrogen (secondary N) is 1. The average Bonchev–Trinajstić information content (AvgIpc) is 2.65. The third-order valence-electron chi connectivity index (χ3n) is 3.81. The molecule has 0 aliphatic rings. The summed E-state index contributed by atoms with van der Waals surface area (Å²) in [4.78, 5) is 12.2. The van der Waals surface area contributed by atoms with Crippen LogP contribution in [0.4, 0.5) is 5.69 Å². The van der Waals surface area contributed by atoms with E-state index in [1.165, 1.54) is 28.2 Å². The van der Waals surface area contributed by atoms with Crippen molar-refractivity contribution < 1.29 is 17.9 Å². The normalized spacial score (nSPS) is 11.4. The fraction of sp³-hybridized carbons (Fsp3) is 0.316. The van der Waals surface area contributed by atoms with Crippen LogP contribution in [-0.2, 0) is 14.8 Å². The SMILES string of the molecule is CCN(CC)S(=O)(=O)c1ccc(Oc2ccccc2)c(NC(=O)CSC)c1. The average molecular weight is 409 g/mol. The van der Waals surface area contributed by atoms with E-state index in [1.54, 1.807) is 32.0 Å². The van der Waals surface area contributed by atoms with Crippen molar-refractivity contribution in [2.75, 3.05) is 30.4 Å². The van der Waals surface area contributed by atoms with Crippen molar-refractivity contribution in [2.24, 2.45) is 0 Å². The maximum Gasteiger partial charge on any atom is 0.243 e. The number of sulfonamides is 1. The number of nitrogens with zero attached hydrogens (tertiary/aromatic N) is 1. The van der Waals surface area contributed by atoms with Crippen molar-refractivity contribution >= 4 is 33.4 Å². The number of carbonyl (C=O) groups excluding carboxylic acids is 1. The Morgan fingerprint density at radius 3 is 2.37 bits per heavy atom. The Balaban J connectivity index is 2.44. The molecule has 2 rings (SSSR count). The van der Waals surface area contributed by atoms with Crippen molar-refractivity contribution in [1.29, 1.82) is 0 Å². The third kappa shape index (κ3) is 5.47. The van der Waals surface area contributed by atoms with E-state index in [0.29, 0.717) is 30.3 Å². The fourth-order valence-corrected chi connectivity index (χ4v) is 4.32. The molecule has 2 aromatic carbocycles. The van der Waals surface area contributed by atoms with E-state index in [1.807, 2.05) is 24.5 Å². The Morgan fingerprint density at radius 2 is 1.78 bits per heavy atom. The van der Waals surface area contributed by atoms with Gasteiger partial charge in [0, 0.05) is 13.1 Å². The Labute approximate surface area is 165 Å². The molecule has 0 aromatic heterocycles. The molecule has 27 heavy (non-hydrogen) atoms. The van der Waals surface area contributed by atoms with Gasteiger partial charge in [-0.1, -0.05) is 32.0 Å². The molecule has 0 saturated carbocycles. The highest BCUT2D eigenvalue weighted by atomic mass is 32.2. The van der Waals surface area contributed by atoms with Crippen LogP contribution in [0.1, 0.15) is 13.8 Å². The number of rotatable bonds is 9. The molecule has 1 N–H and O–H groups in total. The van der Waals surface area contributed by atoms with Gasteiger partial charge in [-0.3, -0.25) is 4.79 Å². The Hall–Kier alpha value is -2.03. The first-order chi connectivity index (χ1) is 12.9. The molecule has 0 saturated heterocycles. The van der Waals surface area contributed by atoms with Gasteiger partial charge in [0.25, 0.3) is 0 Å². The molecule has 0 heterocycles. The summed E-state index contributed by atoms with van der Waals surface area (Å²) in [6, 6.07) is 13.6. The van der Waals surface area contributed by atoms with Gasteiger partial charge >= 0.3 is 0 Å². The van der Waals surface area contributed by atoms with E-state index >= 15 is 0 Å². The first-order valence-corrected chi connectivity index (χ1v) is 11.4. The molecule has 0 spiro atoms. The van der Waals surface area contributed by atoms with E-state index < -0.39 is 10.0 Å². The second-order valence-electron chi connectivity index (χ2n) is 5.64. The number of para-hydroxylation sites is 1. The minimum atomic E-state index is -3.64. The van der Waals surface area contributed by atoms with Gasteiger partial charge in [-0.15, -0.1) is 0 Å². The molecular weight excluding hydrogens is 384 g/mol. The molecule has 2 aromatic rings. The minimum absolute atomic E-state index is 0.117. The number of hydrogen-bond donors (Lipinski definition) is 1. The standard InChI is InChI=1S/C19H24N2O4S2/c1-4-21(5-2)27(23,24)16-11-12-18(25-15-9-7-6-8-10-15)17(13-16)20-19(22)14-26-3/h6-13H,4-5,14H2,1-3H3,(H,20,22). The molecular formula is C19H24N2O4S2. The quantitative estimate of drug-likeness (QED) is 0.683. The molecule has 0 unspecified atom stereocenters. The predicted octanol–water partition coefficient (Wildman–Crippen LogP) is 3.81. The fourth-order valence-electron chi connectivity index (χ4n) is 2.50. The van der Waals surface area contributed by atoms with E-state index in [2.05, 4.69) is 5.32 Å². The van der Waals surface area contributed by atoms with E-state index in [4.69, 9.17) is 4.74 Å². The van der Waals surface area contributed by atoms with Gasteiger partial charge in [-0.2, -0.15) is 16.1 Å². The molecule has 0 radical (unpaired) electrons. The molecule has 1 amide bonds. The van der Waals surface area contributed by atoms with Gasteiger partial charge in [0.15, 0.2) is 5.75 Å². The van der Waals surface area contributed by atoms with Gasteiger partial charge in [-0.25, -0.2) is 8.42 Å². The monoisotopic (exact) mass is 408 g/mol. The Bertz CT molecular complexity index is 867. The maximum atomic E-state index is 12.8. The van der Waals surface area contributed by atoms with Crippen LogP contribution in [0.2, 0.25) is 0 Å². The molecule has 8 heteroatoms. The highest BCUT2D eigenvalue weighted by Crippen LogP contribution is 2.32. The molecule has 0 bridgehead atoms. The second-order valence-corrected chi connectivity index (χ2v) is 8.45. The summed E-state index contributed by atoms with van der Waals surface area (Å²) < 4.78 is 32.8. The summed E-state index contributed by atoms with van der Waals surface area (Å²) in [7, 11) is -3.64. The molecule has 6 nitrogen and oxygen atoms in total. The summed E-state index contributed by atoms with van der Waals surface area (Å²) in [6.07, 6.45) is 1.82.